The predicted molar refractivity (Wildman–Crippen MR) is 75.7 cm³/mol. The third-order valence-electron chi connectivity index (χ3n) is 4.34. The van der Waals surface area contributed by atoms with Crippen LogP contribution in [0, 0.1) is 0 Å². The molecule has 3 nitrogen and oxygen atoms in total. The number of halogens is 1. The summed E-state index contributed by atoms with van der Waals surface area (Å²) in [7, 11) is 0. The Morgan fingerprint density at radius 3 is 2.74 bits per heavy atom. The molecule has 3 rings (SSSR count). The molecule has 0 saturated heterocycles. The van der Waals surface area contributed by atoms with E-state index in [-0.39, 0.29) is 6.10 Å². The van der Waals surface area contributed by atoms with Crippen LogP contribution in [0.25, 0.3) is 0 Å². The first kappa shape index (κ1) is 13.0. The van der Waals surface area contributed by atoms with Crippen LogP contribution in [0.4, 0.5) is 0 Å². The maximum atomic E-state index is 11.8. The van der Waals surface area contributed by atoms with E-state index in [1.807, 2.05) is 19.1 Å². The molecule has 0 radical (unpaired) electrons. The highest BCUT2D eigenvalue weighted by atomic mass is 79.9. The molecule has 1 aliphatic heterocycles. The van der Waals surface area contributed by atoms with Crippen molar-refractivity contribution in [3.8, 4) is 5.75 Å². The maximum Gasteiger partial charge on any atom is 0.314 e. The highest BCUT2D eigenvalue weighted by Gasteiger charge is 2.46. The van der Waals surface area contributed by atoms with E-state index in [4.69, 9.17) is 4.74 Å². The lowest BCUT2D eigenvalue weighted by Gasteiger charge is -2.26. The molecule has 4 heteroatoms. The quantitative estimate of drug-likeness (QED) is 0.902. The van der Waals surface area contributed by atoms with Gasteiger partial charge in [-0.1, -0.05) is 28.8 Å². The van der Waals surface area contributed by atoms with Crippen molar-refractivity contribution >= 4 is 21.9 Å². The van der Waals surface area contributed by atoms with Gasteiger partial charge < -0.3 is 9.84 Å². The topological polar surface area (TPSA) is 46.5 Å². The summed E-state index contributed by atoms with van der Waals surface area (Å²) >= 11 is 3.51. The van der Waals surface area contributed by atoms with Gasteiger partial charge in [0, 0.05) is 16.5 Å². The van der Waals surface area contributed by atoms with Gasteiger partial charge in [0.05, 0.1) is 5.41 Å². The van der Waals surface area contributed by atoms with Crippen LogP contribution in [-0.2, 0) is 16.6 Å². The summed E-state index contributed by atoms with van der Waals surface area (Å²) in [4.78, 5) is 11.8. The molecular formula is C15H17BrO3. The average molecular weight is 325 g/mol. The summed E-state index contributed by atoms with van der Waals surface area (Å²) in [6.45, 7) is 2.03. The van der Waals surface area contributed by atoms with Crippen molar-refractivity contribution in [1.82, 2.24) is 0 Å². The minimum Gasteiger partial charge on any atom is -0.490 e. The van der Waals surface area contributed by atoms with E-state index in [2.05, 4.69) is 15.9 Å². The molecule has 0 aromatic heterocycles. The molecule has 2 aliphatic rings. The van der Waals surface area contributed by atoms with Gasteiger partial charge in [0.2, 0.25) is 0 Å². The first-order valence-electron chi connectivity index (χ1n) is 6.76. The van der Waals surface area contributed by atoms with Crippen molar-refractivity contribution in [1.29, 1.82) is 0 Å². The molecule has 1 fully saturated rings. The molecule has 1 unspecified atom stereocenters. The Morgan fingerprint density at radius 1 is 1.42 bits per heavy atom. The summed E-state index contributed by atoms with van der Waals surface area (Å²) in [6, 6.07) is 3.99. The lowest BCUT2D eigenvalue weighted by atomic mass is 9.78. The highest BCUT2D eigenvalue weighted by molar-refractivity contribution is 9.10. The number of benzene rings is 1. The second kappa shape index (κ2) is 4.51. The van der Waals surface area contributed by atoms with Crippen LogP contribution in [0.1, 0.15) is 43.7 Å². The Hall–Kier alpha value is -1.03. The molecule has 0 bridgehead atoms. The molecule has 1 aliphatic carbocycles. The van der Waals surface area contributed by atoms with Gasteiger partial charge in [0.25, 0.3) is 0 Å². The first-order valence-corrected chi connectivity index (χ1v) is 7.55. The molecule has 1 saturated carbocycles. The van der Waals surface area contributed by atoms with Crippen LogP contribution >= 0.6 is 15.9 Å². The van der Waals surface area contributed by atoms with Crippen molar-refractivity contribution in [3.63, 3.8) is 0 Å². The Bertz CT molecular complexity index is 532. The summed E-state index contributed by atoms with van der Waals surface area (Å²) in [5.74, 6) is 0.105. The second-order valence-corrected chi connectivity index (χ2v) is 6.58. The van der Waals surface area contributed by atoms with Gasteiger partial charge in [-0.2, -0.15) is 0 Å². The molecule has 1 N–H and O–H groups in total. The summed E-state index contributed by atoms with van der Waals surface area (Å²) < 4.78 is 6.85. The number of hydrogen-bond donors (Lipinski definition) is 1. The third kappa shape index (κ3) is 1.97. The van der Waals surface area contributed by atoms with Crippen LogP contribution in [-0.4, -0.2) is 17.2 Å². The van der Waals surface area contributed by atoms with Crippen molar-refractivity contribution in [2.24, 2.45) is 0 Å². The number of rotatable bonds is 2. The third-order valence-corrected chi connectivity index (χ3v) is 4.80. The monoisotopic (exact) mass is 324 g/mol. The molecule has 0 spiro atoms. The normalized spacial score (nSPS) is 24.0. The van der Waals surface area contributed by atoms with Gasteiger partial charge in [0.15, 0.2) is 0 Å². The van der Waals surface area contributed by atoms with E-state index in [0.29, 0.717) is 12.8 Å². The molecule has 1 heterocycles. The smallest absolute Gasteiger partial charge is 0.314 e. The Balaban J connectivity index is 2.17. The Morgan fingerprint density at radius 2 is 2.11 bits per heavy atom. The predicted octanol–water partition coefficient (Wildman–Crippen LogP) is 3.67. The number of fused-ring (bicyclic) bond motifs is 1. The minimum atomic E-state index is -0.752. The van der Waals surface area contributed by atoms with Crippen LogP contribution < -0.4 is 4.74 Å². The summed E-state index contributed by atoms with van der Waals surface area (Å²) in [5, 5.41) is 9.73. The molecule has 102 valence electrons. The SMILES string of the molecule is CC1Cc2cc(Br)cc(C3(C(=O)O)CCCC3)c2O1. The zero-order chi connectivity index (χ0) is 13.6. The van der Waals surface area contributed by atoms with E-state index in [1.165, 1.54) is 0 Å². The second-order valence-electron chi connectivity index (χ2n) is 5.67. The average Bonchev–Trinajstić information content (AvgIpc) is 2.93. The lowest BCUT2D eigenvalue weighted by Crippen LogP contribution is -2.33. The number of carbonyl (C=O) groups is 1. The van der Waals surface area contributed by atoms with Gasteiger partial charge in [-0.05, 0) is 37.5 Å². The molecule has 1 aromatic carbocycles. The van der Waals surface area contributed by atoms with Crippen molar-refractivity contribution in [3.05, 3.63) is 27.7 Å². The zero-order valence-electron chi connectivity index (χ0n) is 10.9. The molecule has 1 atom stereocenters. The van der Waals surface area contributed by atoms with Gasteiger partial charge in [-0.25, -0.2) is 0 Å². The number of ether oxygens (including phenoxy) is 1. The molecular weight excluding hydrogens is 308 g/mol. The number of hydrogen-bond acceptors (Lipinski definition) is 2. The number of carboxylic acids is 1. The van der Waals surface area contributed by atoms with Crippen LogP contribution in [0.2, 0.25) is 0 Å². The fourth-order valence-corrected chi connectivity index (χ4v) is 3.93. The largest absolute Gasteiger partial charge is 0.490 e. The van der Waals surface area contributed by atoms with Crippen LogP contribution in [0.5, 0.6) is 5.75 Å². The highest BCUT2D eigenvalue weighted by Crippen LogP contribution is 2.48. The molecule has 0 amide bonds. The fourth-order valence-electron chi connectivity index (χ4n) is 3.43. The fraction of sp³-hybridized carbons (Fsp3) is 0.533. The van der Waals surface area contributed by atoms with Gasteiger partial charge in [-0.15, -0.1) is 0 Å². The van der Waals surface area contributed by atoms with Crippen LogP contribution in [0.3, 0.4) is 0 Å². The molecule has 1 aromatic rings. The summed E-state index contributed by atoms with van der Waals surface area (Å²) in [5.41, 5.74) is 1.24. The van der Waals surface area contributed by atoms with Crippen molar-refractivity contribution < 1.29 is 14.6 Å². The van der Waals surface area contributed by atoms with E-state index < -0.39 is 11.4 Å². The number of aliphatic carboxylic acids is 1. The van der Waals surface area contributed by atoms with Gasteiger partial charge in [-0.3, -0.25) is 4.79 Å². The lowest BCUT2D eigenvalue weighted by molar-refractivity contribution is -0.143. The standard InChI is InChI=1S/C15H17BrO3/c1-9-6-10-7-11(16)8-12(13(10)19-9)15(14(17)18)4-2-3-5-15/h7-9H,2-6H2,1H3,(H,17,18). The van der Waals surface area contributed by atoms with Crippen LogP contribution in [0.15, 0.2) is 16.6 Å². The van der Waals surface area contributed by atoms with Crippen molar-refractivity contribution in [2.45, 2.75) is 50.5 Å². The van der Waals surface area contributed by atoms with E-state index >= 15 is 0 Å². The maximum absolute atomic E-state index is 11.8. The van der Waals surface area contributed by atoms with E-state index in [1.54, 1.807) is 0 Å². The first-order chi connectivity index (χ1) is 9.03. The van der Waals surface area contributed by atoms with Crippen molar-refractivity contribution in [2.75, 3.05) is 0 Å². The number of carboxylic acid groups (broad SMARTS) is 1. The zero-order valence-corrected chi connectivity index (χ0v) is 12.5. The Labute approximate surface area is 121 Å². The van der Waals surface area contributed by atoms with Gasteiger partial charge in [0.1, 0.15) is 11.9 Å². The molecule has 19 heavy (non-hydrogen) atoms. The summed E-state index contributed by atoms with van der Waals surface area (Å²) in [6.07, 6.45) is 4.37. The van der Waals surface area contributed by atoms with Gasteiger partial charge >= 0.3 is 5.97 Å². The van der Waals surface area contributed by atoms with E-state index in [0.717, 1.165) is 40.6 Å². The van der Waals surface area contributed by atoms with E-state index in [9.17, 15) is 9.90 Å². The minimum absolute atomic E-state index is 0.135. The Kier molecular flexibility index (Phi) is 3.08.